The number of hydrogen-bond acceptors (Lipinski definition) is 4. The van der Waals surface area contributed by atoms with E-state index < -0.39 is 6.36 Å². The van der Waals surface area contributed by atoms with Gasteiger partial charge in [-0.3, -0.25) is 9.59 Å². The minimum Gasteiger partial charge on any atom is -0.484 e. The number of hydrogen-bond donors (Lipinski definition) is 1. The number of likely N-dealkylation sites (tertiary alicyclic amines) is 1. The Bertz CT molecular complexity index is 1220. The van der Waals surface area contributed by atoms with Crippen molar-refractivity contribution < 1.29 is 32.2 Å². The van der Waals surface area contributed by atoms with Gasteiger partial charge in [-0.2, -0.15) is 0 Å². The summed E-state index contributed by atoms with van der Waals surface area (Å²) in [7, 11) is 0. The van der Waals surface area contributed by atoms with E-state index in [1.807, 2.05) is 0 Å². The maximum absolute atomic E-state index is 12.9. The molecule has 6 nitrogen and oxygen atoms in total. The van der Waals surface area contributed by atoms with Crippen LogP contribution >= 0.6 is 0 Å². The van der Waals surface area contributed by atoms with Crippen LogP contribution < -0.4 is 14.8 Å². The van der Waals surface area contributed by atoms with Crippen LogP contribution in [-0.4, -0.2) is 42.8 Å². The molecule has 1 aliphatic heterocycles. The molecule has 0 atom stereocenters. The molecule has 3 aromatic rings. The van der Waals surface area contributed by atoms with Gasteiger partial charge < -0.3 is 19.7 Å². The van der Waals surface area contributed by atoms with E-state index in [1.54, 1.807) is 54.3 Å². The lowest BCUT2D eigenvalue weighted by Gasteiger charge is -2.15. The quantitative estimate of drug-likeness (QED) is 0.446. The van der Waals surface area contributed by atoms with E-state index in [0.717, 1.165) is 25.9 Å². The average Bonchev–Trinajstić information content (AvgIpc) is 3.38. The van der Waals surface area contributed by atoms with Crippen LogP contribution in [0.5, 0.6) is 11.5 Å². The topological polar surface area (TPSA) is 67.9 Å². The molecule has 1 saturated heterocycles. The number of carbonyl (C=O) groups is 2. The van der Waals surface area contributed by atoms with Crippen molar-refractivity contribution in [3.05, 3.63) is 77.9 Å². The van der Waals surface area contributed by atoms with E-state index in [0.29, 0.717) is 33.7 Å². The van der Waals surface area contributed by atoms with Crippen LogP contribution in [0.3, 0.4) is 0 Å². The molecule has 0 aromatic heterocycles. The van der Waals surface area contributed by atoms with Gasteiger partial charge in [0.25, 0.3) is 11.8 Å². The third-order valence-electron chi connectivity index (χ3n) is 5.91. The van der Waals surface area contributed by atoms with Crippen LogP contribution in [0, 0.1) is 6.92 Å². The predicted molar refractivity (Wildman–Crippen MR) is 129 cm³/mol. The lowest BCUT2D eigenvalue weighted by molar-refractivity contribution is -0.274. The van der Waals surface area contributed by atoms with Crippen molar-refractivity contribution in [2.45, 2.75) is 26.1 Å². The Morgan fingerprint density at radius 1 is 0.917 bits per heavy atom. The molecule has 9 heteroatoms. The number of carbonyl (C=O) groups excluding carboxylic acids is 2. The second kappa shape index (κ2) is 10.7. The molecule has 1 heterocycles. The Morgan fingerprint density at radius 3 is 2.19 bits per heavy atom. The second-order valence-corrected chi connectivity index (χ2v) is 8.41. The molecule has 0 saturated carbocycles. The molecule has 3 aromatic carbocycles. The van der Waals surface area contributed by atoms with Gasteiger partial charge in [0.15, 0.2) is 6.61 Å². The zero-order chi connectivity index (χ0) is 25.7. The van der Waals surface area contributed by atoms with Crippen LogP contribution in [0.25, 0.3) is 11.1 Å². The summed E-state index contributed by atoms with van der Waals surface area (Å²) in [6.07, 6.45) is -2.72. The summed E-state index contributed by atoms with van der Waals surface area (Å²) < 4.78 is 46.7. The van der Waals surface area contributed by atoms with Crippen LogP contribution in [0.15, 0.2) is 66.7 Å². The second-order valence-electron chi connectivity index (χ2n) is 8.41. The third kappa shape index (κ3) is 6.35. The van der Waals surface area contributed by atoms with Gasteiger partial charge in [0, 0.05) is 24.3 Å². The Kier molecular flexibility index (Phi) is 7.47. The van der Waals surface area contributed by atoms with E-state index in [4.69, 9.17) is 4.74 Å². The van der Waals surface area contributed by atoms with Crippen molar-refractivity contribution in [1.29, 1.82) is 0 Å². The SMILES string of the molecule is Cc1c(C(=O)Nc2ccc(OCC(=O)N3CCCC3)cc2)cccc1-c1ccc(OC(F)(F)F)cc1. The maximum atomic E-state index is 12.9. The highest BCUT2D eigenvalue weighted by Crippen LogP contribution is 2.30. The zero-order valence-electron chi connectivity index (χ0n) is 19.6. The smallest absolute Gasteiger partial charge is 0.484 e. The highest BCUT2D eigenvalue weighted by Gasteiger charge is 2.31. The number of nitrogens with one attached hydrogen (secondary N) is 1. The van der Waals surface area contributed by atoms with Gasteiger partial charge in [0.2, 0.25) is 0 Å². The number of anilines is 1. The largest absolute Gasteiger partial charge is 0.573 e. The molecule has 188 valence electrons. The molecule has 1 aliphatic rings. The molecule has 1 N–H and O–H groups in total. The van der Waals surface area contributed by atoms with Gasteiger partial charge >= 0.3 is 6.36 Å². The monoisotopic (exact) mass is 498 g/mol. The van der Waals surface area contributed by atoms with Crippen molar-refractivity contribution in [3.8, 4) is 22.6 Å². The predicted octanol–water partition coefficient (Wildman–Crippen LogP) is 5.81. The fourth-order valence-corrected chi connectivity index (χ4v) is 4.07. The summed E-state index contributed by atoms with van der Waals surface area (Å²) in [5, 5.41) is 2.83. The van der Waals surface area contributed by atoms with E-state index in [-0.39, 0.29) is 24.2 Å². The van der Waals surface area contributed by atoms with Crippen LogP contribution in [0.4, 0.5) is 18.9 Å². The van der Waals surface area contributed by atoms with E-state index >= 15 is 0 Å². The summed E-state index contributed by atoms with van der Waals surface area (Å²) in [5.74, 6) is -0.158. The van der Waals surface area contributed by atoms with Crippen molar-refractivity contribution in [2.75, 3.05) is 25.0 Å². The van der Waals surface area contributed by atoms with Crippen molar-refractivity contribution in [2.24, 2.45) is 0 Å². The molecule has 1 fully saturated rings. The van der Waals surface area contributed by atoms with E-state index in [2.05, 4.69) is 10.1 Å². The first kappa shape index (κ1) is 25.1. The summed E-state index contributed by atoms with van der Waals surface area (Å²) >= 11 is 0. The first-order valence-electron chi connectivity index (χ1n) is 11.5. The number of ether oxygens (including phenoxy) is 2. The highest BCUT2D eigenvalue weighted by molar-refractivity contribution is 6.06. The van der Waals surface area contributed by atoms with Crippen molar-refractivity contribution in [3.63, 3.8) is 0 Å². The molecule has 0 radical (unpaired) electrons. The number of amides is 2. The summed E-state index contributed by atoms with van der Waals surface area (Å²) in [6.45, 7) is 3.29. The van der Waals surface area contributed by atoms with Gasteiger partial charge in [-0.1, -0.05) is 24.3 Å². The highest BCUT2D eigenvalue weighted by atomic mass is 19.4. The molecule has 0 bridgehead atoms. The lowest BCUT2D eigenvalue weighted by Crippen LogP contribution is -2.32. The molecule has 0 aliphatic carbocycles. The number of nitrogens with zero attached hydrogens (tertiary/aromatic N) is 1. The molecule has 4 rings (SSSR count). The molecule has 0 spiro atoms. The molecular formula is C27H25F3N2O4. The van der Waals surface area contributed by atoms with E-state index in [9.17, 15) is 22.8 Å². The first-order valence-corrected chi connectivity index (χ1v) is 11.5. The number of rotatable bonds is 7. The Balaban J connectivity index is 1.39. The van der Waals surface area contributed by atoms with E-state index in [1.165, 1.54) is 24.3 Å². The summed E-state index contributed by atoms with van der Waals surface area (Å²) in [6, 6.07) is 17.4. The molecule has 36 heavy (non-hydrogen) atoms. The minimum atomic E-state index is -4.76. The average molecular weight is 499 g/mol. The first-order chi connectivity index (χ1) is 17.2. The molecule has 2 amide bonds. The maximum Gasteiger partial charge on any atom is 0.573 e. The van der Waals surface area contributed by atoms with Crippen LogP contribution in [0.2, 0.25) is 0 Å². The van der Waals surface area contributed by atoms with Crippen molar-refractivity contribution in [1.82, 2.24) is 4.90 Å². The fraction of sp³-hybridized carbons (Fsp3) is 0.259. The fourth-order valence-electron chi connectivity index (χ4n) is 4.07. The minimum absolute atomic E-state index is 0.0268. The summed E-state index contributed by atoms with van der Waals surface area (Å²) in [5.41, 5.74) is 3.03. The van der Waals surface area contributed by atoms with Gasteiger partial charge in [0.05, 0.1) is 0 Å². The van der Waals surface area contributed by atoms with Gasteiger partial charge in [0.1, 0.15) is 11.5 Å². The number of alkyl halides is 3. The molecule has 0 unspecified atom stereocenters. The van der Waals surface area contributed by atoms with Gasteiger partial charge in [-0.15, -0.1) is 13.2 Å². The third-order valence-corrected chi connectivity index (χ3v) is 5.91. The summed E-state index contributed by atoms with van der Waals surface area (Å²) in [4.78, 5) is 26.8. The van der Waals surface area contributed by atoms with Crippen LogP contribution in [-0.2, 0) is 4.79 Å². The number of halogens is 3. The normalized spacial score (nSPS) is 13.4. The Morgan fingerprint density at radius 2 is 1.56 bits per heavy atom. The Hall–Kier alpha value is -4.01. The zero-order valence-corrected chi connectivity index (χ0v) is 19.6. The Labute approximate surface area is 206 Å². The van der Waals surface area contributed by atoms with Gasteiger partial charge in [-0.25, -0.2) is 0 Å². The lowest BCUT2D eigenvalue weighted by atomic mass is 9.96. The molecular weight excluding hydrogens is 473 g/mol. The van der Waals surface area contributed by atoms with Crippen LogP contribution in [0.1, 0.15) is 28.8 Å². The van der Waals surface area contributed by atoms with Crippen molar-refractivity contribution >= 4 is 17.5 Å². The standard InChI is InChI=1S/C27H25F3N2O4/c1-18-23(19-7-11-22(12-8-19)36-27(28,29)30)5-4-6-24(18)26(34)31-20-9-13-21(14-10-20)35-17-25(33)32-15-2-3-16-32/h4-14H,2-3,15-17H2,1H3,(H,31,34). The van der Waals surface area contributed by atoms with Gasteiger partial charge in [-0.05, 0) is 78.9 Å². The number of benzene rings is 3.